The van der Waals surface area contributed by atoms with E-state index in [1.807, 2.05) is 5.38 Å². The molecule has 0 radical (unpaired) electrons. The zero-order chi connectivity index (χ0) is 13.3. The van der Waals surface area contributed by atoms with Gasteiger partial charge in [-0.1, -0.05) is 11.8 Å². The molecule has 0 atom stereocenters. The van der Waals surface area contributed by atoms with E-state index in [1.54, 1.807) is 31.5 Å². The van der Waals surface area contributed by atoms with Crippen LogP contribution in [0.2, 0.25) is 0 Å². The van der Waals surface area contributed by atoms with E-state index in [9.17, 15) is 9.90 Å². The van der Waals surface area contributed by atoms with Gasteiger partial charge in [-0.3, -0.25) is 9.36 Å². The first kappa shape index (κ1) is 13.6. The van der Waals surface area contributed by atoms with Crippen molar-refractivity contribution in [2.24, 2.45) is 7.05 Å². The summed E-state index contributed by atoms with van der Waals surface area (Å²) in [5.74, 6) is 0.737. The monoisotopic (exact) mass is 284 g/mol. The van der Waals surface area contributed by atoms with Crippen molar-refractivity contribution in [3.05, 3.63) is 21.8 Å². The van der Waals surface area contributed by atoms with Gasteiger partial charge in [-0.25, -0.2) is 4.98 Å². The quantitative estimate of drug-likeness (QED) is 0.691. The molecule has 0 saturated carbocycles. The molecule has 0 saturated heterocycles. The summed E-state index contributed by atoms with van der Waals surface area (Å²) in [7, 11) is 1.73. The van der Waals surface area contributed by atoms with E-state index in [0.29, 0.717) is 17.0 Å². The number of hydrogen-bond acceptors (Lipinski definition) is 5. The second-order valence-corrected chi connectivity index (χ2v) is 6.77. The molecule has 4 nitrogen and oxygen atoms in total. The Hall–Kier alpha value is -0.850. The summed E-state index contributed by atoms with van der Waals surface area (Å²) in [5, 5.41) is 12.9. The molecular formula is C12H16N2O2S2. The van der Waals surface area contributed by atoms with E-state index in [4.69, 9.17) is 0 Å². The van der Waals surface area contributed by atoms with Crippen LogP contribution in [-0.2, 0) is 7.05 Å². The first-order chi connectivity index (χ1) is 8.38. The molecule has 0 bridgehead atoms. The van der Waals surface area contributed by atoms with Crippen LogP contribution in [-0.4, -0.2) is 26.0 Å². The molecule has 2 heterocycles. The molecule has 2 aromatic rings. The van der Waals surface area contributed by atoms with Gasteiger partial charge < -0.3 is 5.11 Å². The molecule has 0 amide bonds. The summed E-state index contributed by atoms with van der Waals surface area (Å²) < 4.78 is 1.57. The lowest BCUT2D eigenvalue weighted by atomic mass is 10.1. The highest BCUT2D eigenvalue weighted by Gasteiger charge is 2.14. The molecule has 0 aliphatic rings. The number of fused-ring (bicyclic) bond motifs is 1. The van der Waals surface area contributed by atoms with Crippen LogP contribution in [0.4, 0.5) is 0 Å². The predicted molar refractivity (Wildman–Crippen MR) is 76.5 cm³/mol. The molecule has 0 aliphatic carbocycles. The van der Waals surface area contributed by atoms with Crippen LogP contribution < -0.4 is 5.56 Å². The van der Waals surface area contributed by atoms with Gasteiger partial charge in [0.15, 0.2) is 5.16 Å². The number of aromatic nitrogens is 2. The number of hydrogen-bond donors (Lipinski definition) is 1. The van der Waals surface area contributed by atoms with Crippen molar-refractivity contribution in [2.45, 2.75) is 31.0 Å². The Kier molecular flexibility index (Phi) is 3.79. The van der Waals surface area contributed by atoms with Crippen LogP contribution in [0.25, 0.3) is 10.2 Å². The molecule has 6 heteroatoms. The van der Waals surface area contributed by atoms with Gasteiger partial charge in [0, 0.05) is 12.8 Å². The minimum Gasteiger partial charge on any atom is -0.390 e. The Morgan fingerprint density at radius 2 is 2.28 bits per heavy atom. The lowest BCUT2D eigenvalue weighted by Crippen LogP contribution is -2.21. The third-order valence-corrected chi connectivity index (χ3v) is 4.45. The summed E-state index contributed by atoms with van der Waals surface area (Å²) in [4.78, 5) is 17.3. The van der Waals surface area contributed by atoms with E-state index in [1.165, 1.54) is 23.1 Å². The average Bonchev–Trinajstić information content (AvgIpc) is 2.71. The predicted octanol–water partition coefficient (Wildman–Crippen LogP) is 2.25. The second kappa shape index (κ2) is 5.03. The maximum atomic E-state index is 12.0. The van der Waals surface area contributed by atoms with Crippen molar-refractivity contribution in [3.63, 3.8) is 0 Å². The van der Waals surface area contributed by atoms with Gasteiger partial charge in [0.05, 0.1) is 11.0 Å². The molecule has 18 heavy (non-hydrogen) atoms. The van der Waals surface area contributed by atoms with Gasteiger partial charge in [0.1, 0.15) is 4.83 Å². The lowest BCUT2D eigenvalue weighted by Gasteiger charge is -2.16. The van der Waals surface area contributed by atoms with Gasteiger partial charge in [0.2, 0.25) is 0 Å². The zero-order valence-corrected chi connectivity index (χ0v) is 12.3. The Bertz CT molecular complexity index is 611. The molecule has 0 unspecified atom stereocenters. The highest BCUT2D eigenvalue weighted by Crippen LogP contribution is 2.22. The van der Waals surface area contributed by atoms with Crippen LogP contribution in [0, 0.1) is 0 Å². The average molecular weight is 284 g/mol. The molecule has 2 rings (SSSR count). The smallest absolute Gasteiger partial charge is 0.262 e. The normalized spacial score (nSPS) is 12.2. The summed E-state index contributed by atoms with van der Waals surface area (Å²) in [6.45, 7) is 3.56. The van der Waals surface area contributed by atoms with E-state index < -0.39 is 5.60 Å². The second-order valence-electron chi connectivity index (χ2n) is 4.81. The van der Waals surface area contributed by atoms with Crippen molar-refractivity contribution in [3.8, 4) is 0 Å². The van der Waals surface area contributed by atoms with Crippen LogP contribution in [0.15, 0.2) is 21.4 Å². The first-order valence-electron chi connectivity index (χ1n) is 5.68. The topological polar surface area (TPSA) is 55.1 Å². The zero-order valence-electron chi connectivity index (χ0n) is 10.6. The fourth-order valence-corrected chi connectivity index (χ4v) is 3.53. The van der Waals surface area contributed by atoms with Crippen molar-refractivity contribution in [1.82, 2.24) is 9.55 Å². The standard InChI is InChI=1S/C12H16N2O2S2/c1-12(2,16)5-7-18-11-13-9-8(4-6-17-9)10(15)14(11)3/h4,6,16H,5,7H2,1-3H3. The highest BCUT2D eigenvalue weighted by molar-refractivity contribution is 7.99. The molecule has 0 fully saturated rings. The van der Waals surface area contributed by atoms with E-state index >= 15 is 0 Å². The first-order valence-corrected chi connectivity index (χ1v) is 7.54. The van der Waals surface area contributed by atoms with Crippen LogP contribution in [0.1, 0.15) is 20.3 Å². The van der Waals surface area contributed by atoms with E-state index in [-0.39, 0.29) is 5.56 Å². The Morgan fingerprint density at radius 1 is 1.56 bits per heavy atom. The lowest BCUT2D eigenvalue weighted by molar-refractivity contribution is 0.0777. The minimum atomic E-state index is -0.682. The molecule has 0 aliphatic heterocycles. The molecule has 98 valence electrons. The van der Waals surface area contributed by atoms with Gasteiger partial charge >= 0.3 is 0 Å². The third kappa shape index (κ3) is 2.93. The third-order valence-electron chi connectivity index (χ3n) is 2.61. The van der Waals surface area contributed by atoms with Crippen molar-refractivity contribution in [2.75, 3.05) is 5.75 Å². The molecular weight excluding hydrogens is 268 g/mol. The molecule has 1 N–H and O–H groups in total. The Labute approximate surface area is 114 Å². The summed E-state index contributed by atoms with van der Waals surface area (Å²) in [6.07, 6.45) is 0.663. The maximum absolute atomic E-state index is 12.0. The minimum absolute atomic E-state index is 0.00740. The van der Waals surface area contributed by atoms with Crippen LogP contribution in [0.3, 0.4) is 0 Å². The van der Waals surface area contributed by atoms with Crippen molar-refractivity contribution in [1.29, 1.82) is 0 Å². The number of rotatable bonds is 4. The number of nitrogens with zero attached hydrogens (tertiary/aromatic N) is 2. The van der Waals surface area contributed by atoms with Gasteiger partial charge in [-0.15, -0.1) is 11.3 Å². The van der Waals surface area contributed by atoms with Crippen LogP contribution >= 0.6 is 23.1 Å². The van der Waals surface area contributed by atoms with Gasteiger partial charge in [0.25, 0.3) is 5.56 Å². The number of thiophene rings is 1. The highest BCUT2D eigenvalue weighted by atomic mass is 32.2. The molecule has 0 aromatic carbocycles. The van der Waals surface area contributed by atoms with Gasteiger partial charge in [-0.2, -0.15) is 0 Å². The molecule has 0 spiro atoms. The largest absolute Gasteiger partial charge is 0.390 e. The van der Waals surface area contributed by atoms with Gasteiger partial charge in [-0.05, 0) is 31.7 Å². The number of aliphatic hydroxyl groups is 1. The van der Waals surface area contributed by atoms with E-state index in [2.05, 4.69) is 4.98 Å². The summed E-state index contributed by atoms with van der Waals surface area (Å²) in [5.41, 5.74) is -0.689. The van der Waals surface area contributed by atoms with Crippen LogP contribution in [0.5, 0.6) is 0 Å². The number of thioether (sulfide) groups is 1. The maximum Gasteiger partial charge on any atom is 0.262 e. The SMILES string of the molecule is Cn1c(SCCC(C)(C)O)nc2sccc2c1=O. The summed E-state index contributed by atoms with van der Waals surface area (Å²) in [6, 6.07) is 1.81. The summed E-state index contributed by atoms with van der Waals surface area (Å²) >= 11 is 2.98. The Morgan fingerprint density at radius 3 is 2.94 bits per heavy atom. The Balaban J connectivity index is 2.23. The van der Waals surface area contributed by atoms with Crippen molar-refractivity contribution >= 4 is 33.3 Å². The van der Waals surface area contributed by atoms with E-state index in [0.717, 1.165) is 10.6 Å². The van der Waals surface area contributed by atoms with Crippen molar-refractivity contribution < 1.29 is 5.11 Å². The molecule has 2 aromatic heterocycles. The fourth-order valence-electron chi connectivity index (χ4n) is 1.50. The fraction of sp³-hybridized carbons (Fsp3) is 0.500.